The Morgan fingerprint density at radius 1 is 1.24 bits per heavy atom. The molecule has 0 saturated carbocycles. The topological polar surface area (TPSA) is 41.1 Å². The third-order valence-electron chi connectivity index (χ3n) is 3.44. The lowest BCUT2D eigenvalue weighted by Gasteiger charge is -2.27. The van der Waals surface area contributed by atoms with Crippen LogP contribution in [-0.2, 0) is 6.54 Å². The largest absolute Gasteiger partial charge is 0.356 e. The molecule has 4 nitrogen and oxygen atoms in total. The van der Waals surface area contributed by atoms with Gasteiger partial charge in [-0.2, -0.15) is 4.37 Å². The van der Waals surface area contributed by atoms with Crippen molar-refractivity contribution in [2.75, 3.05) is 18.9 Å². The van der Waals surface area contributed by atoms with Gasteiger partial charge in [0, 0.05) is 30.7 Å². The van der Waals surface area contributed by atoms with E-state index < -0.39 is 0 Å². The van der Waals surface area contributed by atoms with Crippen molar-refractivity contribution in [1.82, 2.24) is 14.3 Å². The van der Waals surface area contributed by atoms with Crippen LogP contribution >= 0.6 is 11.5 Å². The van der Waals surface area contributed by atoms with E-state index >= 15 is 0 Å². The van der Waals surface area contributed by atoms with E-state index in [4.69, 9.17) is 0 Å². The summed E-state index contributed by atoms with van der Waals surface area (Å²) in [5.74, 6) is 1.37. The van der Waals surface area contributed by atoms with Crippen LogP contribution in [0.2, 0.25) is 0 Å². The summed E-state index contributed by atoms with van der Waals surface area (Å²) in [6.07, 6.45) is 0. The van der Waals surface area contributed by atoms with E-state index in [0.717, 1.165) is 24.0 Å². The SMILES string of the molecule is Cc1nsc(NC(CN(C)Cc2ccccc2)C(C)C)n1. The first-order valence-corrected chi connectivity index (χ1v) is 8.11. The Labute approximate surface area is 131 Å². The monoisotopic (exact) mass is 304 g/mol. The smallest absolute Gasteiger partial charge is 0.202 e. The minimum atomic E-state index is 0.367. The van der Waals surface area contributed by atoms with Crippen molar-refractivity contribution in [1.29, 1.82) is 0 Å². The molecule has 1 aromatic heterocycles. The second-order valence-electron chi connectivity index (χ2n) is 5.82. The summed E-state index contributed by atoms with van der Waals surface area (Å²) in [7, 11) is 2.16. The van der Waals surface area contributed by atoms with E-state index in [1.54, 1.807) is 0 Å². The molecule has 1 aromatic carbocycles. The lowest BCUT2D eigenvalue weighted by atomic mass is 10.0. The van der Waals surface area contributed by atoms with E-state index in [2.05, 4.69) is 70.8 Å². The predicted octanol–water partition coefficient (Wildman–Crippen LogP) is 3.42. The molecule has 0 saturated heterocycles. The summed E-state index contributed by atoms with van der Waals surface area (Å²) >= 11 is 1.44. The van der Waals surface area contributed by atoms with Crippen LogP contribution in [0.15, 0.2) is 30.3 Å². The van der Waals surface area contributed by atoms with Crippen molar-refractivity contribution in [2.24, 2.45) is 5.92 Å². The molecule has 0 amide bonds. The molecule has 1 N–H and O–H groups in total. The first kappa shape index (κ1) is 15.9. The molecule has 2 aromatic rings. The number of benzene rings is 1. The summed E-state index contributed by atoms with van der Waals surface area (Å²) in [5.41, 5.74) is 1.34. The highest BCUT2D eigenvalue weighted by Crippen LogP contribution is 2.16. The third kappa shape index (κ3) is 5.10. The van der Waals surface area contributed by atoms with E-state index in [-0.39, 0.29) is 0 Å². The molecular weight excluding hydrogens is 280 g/mol. The molecule has 1 atom stereocenters. The summed E-state index contributed by atoms with van der Waals surface area (Å²) in [4.78, 5) is 6.75. The van der Waals surface area contributed by atoms with Crippen LogP contribution in [0.25, 0.3) is 0 Å². The molecule has 1 heterocycles. The van der Waals surface area contributed by atoms with Crippen LogP contribution in [0.3, 0.4) is 0 Å². The minimum Gasteiger partial charge on any atom is -0.356 e. The Morgan fingerprint density at radius 2 is 1.95 bits per heavy atom. The zero-order chi connectivity index (χ0) is 15.2. The van der Waals surface area contributed by atoms with Gasteiger partial charge in [0.1, 0.15) is 5.82 Å². The van der Waals surface area contributed by atoms with Crippen molar-refractivity contribution in [2.45, 2.75) is 33.4 Å². The molecule has 1 unspecified atom stereocenters. The van der Waals surface area contributed by atoms with Crippen LogP contribution in [0.4, 0.5) is 5.13 Å². The fourth-order valence-corrected chi connectivity index (χ4v) is 2.87. The van der Waals surface area contributed by atoms with Crippen LogP contribution in [0.5, 0.6) is 0 Å². The molecule has 0 aliphatic carbocycles. The van der Waals surface area contributed by atoms with Gasteiger partial charge in [0.15, 0.2) is 0 Å². The summed E-state index contributed by atoms with van der Waals surface area (Å²) in [6, 6.07) is 10.9. The molecule has 0 aliphatic rings. The summed E-state index contributed by atoms with van der Waals surface area (Å²) in [6.45, 7) is 8.34. The van der Waals surface area contributed by atoms with Gasteiger partial charge in [0.05, 0.1) is 0 Å². The van der Waals surface area contributed by atoms with Gasteiger partial charge >= 0.3 is 0 Å². The predicted molar refractivity (Wildman–Crippen MR) is 89.7 cm³/mol. The Hall–Kier alpha value is -1.46. The molecule has 21 heavy (non-hydrogen) atoms. The number of nitrogens with zero attached hydrogens (tertiary/aromatic N) is 3. The lowest BCUT2D eigenvalue weighted by Crippen LogP contribution is -2.37. The normalized spacial score (nSPS) is 12.9. The number of hydrogen-bond acceptors (Lipinski definition) is 5. The van der Waals surface area contributed by atoms with Crippen LogP contribution in [-0.4, -0.2) is 33.9 Å². The van der Waals surface area contributed by atoms with Crippen molar-refractivity contribution < 1.29 is 0 Å². The summed E-state index contributed by atoms with van der Waals surface area (Å²) < 4.78 is 4.23. The number of likely N-dealkylation sites (N-methyl/N-ethyl adjacent to an activating group) is 1. The summed E-state index contributed by atoms with van der Waals surface area (Å²) in [5, 5.41) is 4.44. The Morgan fingerprint density at radius 3 is 2.52 bits per heavy atom. The molecule has 0 fully saturated rings. The van der Waals surface area contributed by atoms with E-state index in [1.165, 1.54) is 17.1 Å². The number of hydrogen-bond donors (Lipinski definition) is 1. The molecule has 0 aliphatic heterocycles. The van der Waals surface area contributed by atoms with Gasteiger partial charge in [-0.15, -0.1) is 0 Å². The molecule has 0 spiro atoms. The first-order chi connectivity index (χ1) is 10.0. The van der Waals surface area contributed by atoms with Crippen molar-refractivity contribution in [3.8, 4) is 0 Å². The van der Waals surface area contributed by atoms with Crippen molar-refractivity contribution >= 4 is 16.7 Å². The van der Waals surface area contributed by atoms with Gasteiger partial charge < -0.3 is 10.2 Å². The fraction of sp³-hybridized carbons (Fsp3) is 0.500. The van der Waals surface area contributed by atoms with Gasteiger partial charge in [0.2, 0.25) is 5.13 Å². The average Bonchev–Trinajstić information content (AvgIpc) is 2.84. The van der Waals surface area contributed by atoms with Gasteiger partial charge in [-0.3, -0.25) is 0 Å². The Bertz CT molecular complexity index is 538. The van der Waals surface area contributed by atoms with Gasteiger partial charge in [0.25, 0.3) is 0 Å². The van der Waals surface area contributed by atoms with Gasteiger partial charge in [-0.1, -0.05) is 44.2 Å². The fourth-order valence-electron chi connectivity index (χ4n) is 2.23. The molecular formula is C16H24N4S. The van der Waals surface area contributed by atoms with Crippen molar-refractivity contribution in [3.63, 3.8) is 0 Å². The number of aryl methyl sites for hydroxylation is 1. The number of nitrogens with one attached hydrogen (secondary N) is 1. The highest BCUT2D eigenvalue weighted by Gasteiger charge is 2.17. The standard InChI is InChI=1S/C16H24N4S/c1-12(2)15(18-16-17-13(3)19-21-16)11-20(4)10-14-8-6-5-7-9-14/h5-9,12,15H,10-11H2,1-4H3,(H,17,18,19). The highest BCUT2D eigenvalue weighted by atomic mass is 32.1. The second kappa shape index (κ2) is 7.52. The second-order valence-corrected chi connectivity index (χ2v) is 6.58. The molecule has 114 valence electrons. The number of rotatable bonds is 7. The molecule has 2 rings (SSSR count). The molecule has 0 radical (unpaired) electrons. The zero-order valence-electron chi connectivity index (χ0n) is 13.2. The highest BCUT2D eigenvalue weighted by molar-refractivity contribution is 7.09. The van der Waals surface area contributed by atoms with Crippen molar-refractivity contribution in [3.05, 3.63) is 41.7 Å². The molecule has 5 heteroatoms. The van der Waals surface area contributed by atoms with E-state index in [9.17, 15) is 0 Å². The van der Waals surface area contributed by atoms with Crippen LogP contribution < -0.4 is 5.32 Å². The third-order valence-corrected chi connectivity index (χ3v) is 4.18. The lowest BCUT2D eigenvalue weighted by molar-refractivity contribution is 0.286. The number of aromatic nitrogens is 2. The average molecular weight is 304 g/mol. The zero-order valence-corrected chi connectivity index (χ0v) is 14.0. The van der Waals surface area contributed by atoms with Gasteiger partial charge in [-0.05, 0) is 25.5 Å². The number of anilines is 1. The van der Waals surface area contributed by atoms with Gasteiger partial charge in [-0.25, -0.2) is 4.98 Å². The maximum atomic E-state index is 4.40. The van der Waals surface area contributed by atoms with Crippen LogP contribution in [0, 0.1) is 12.8 Å². The Kier molecular flexibility index (Phi) is 5.70. The maximum absolute atomic E-state index is 4.40. The van der Waals surface area contributed by atoms with E-state index in [1.807, 2.05) is 6.92 Å². The maximum Gasteiger partial charge on any atom is 0.202 e. The quantitative estimate of drug-likeness (QED) is 0.851. The van der Waals surface area contributed by atoms with E-state index in [0.29, 0.717) is 12.0 Å². The first-order valence-electron chi connectivity index (χ1n) is 7.34. The minimum absolute atomic E-state index is 0.367. The molecule has 0 bridgehead atoms. The Balaban J connectivity index is 1.93. The van der Waals surface area contributed by atoms with Crippen LogP contribution in [0.1, 0.15) is 25.2 Å².